The molecule has 1 aromatic rings. The van der Waals surface area contributed by atoms with Gasteiger partial charge in [-0.25, -0.2) is 0 Å². The molecule has 1 aromatic carbocycles. The number of rotatable bonds is 5. The van der Waals surface area contributed by atoms with Gasteiger partial charge >= 0.3 is 0 Å². The number of nitrogens with one attached hydrogen (secondary N) is 2. The van der Waals surface area contributed by atoms with Crippen LogP contribution in [0.15, 0.2) is 18.2 Å². The van der Waals surface area contributed by atoms with E-state index in [1.165, 1.54) is 18.2 Å². The highest BCUT2D eigenvalue weighted by atomic mass is 35.5. The molecule has 1 aliphatic heterocycles. The topological polar surface area (TPSA) is 84.3 Å². The van der Waals surface area contributed by atoms with Gasteiger partial charge < -0.3 is 10.6 Å². The average molecular weight is 312 g/mol. The van der Waals surface area contributed by atoms with Crippen molar-refractivity contribution >= 4 is 28.9 Å². The number of nitro groups is 1. The Bertz CT molecular complexity index is 556. The van der Waals surface area contributed by atoms with Crippen LogP contribution in [0.4, 0.5) is 11.4 Å². The molecule has 0 aromatic heterocycles. The van der Waals surface area contributed by atoms with Crippen molar-refractivity contribution in [3.05, 3.63) is 33.3 Å². The zero-order valence-electron chi connectivity index (χ0n) is 11.8. The fourth-order valence-electron chi connectivity index (χ4n) is 2.76. The van der Waals surface area contributed by atoms with E-state index in [0.717, 1.165) is 25.8 Å². The van der Waals surface area contributed by atoms with E-state index < -0.39 is 10.5 Å². The molecular formula is C14H18ClN3O3. The summed E-state index contributed by atoms with van der Waals surface area (Å²) in [6, 6.07) is 4.14. The lowest BCUT2D eigenvalue weighted by Crippen LogP contribution is -2.50. The van der Waals surface area contributed by atoms with E-state index in [4.69, 9.17) is 11.6 Å². The molecule has 1 heterocycles. The first-order valence-corrected chi connectivity index (χ1v) is 7.37. The minimum Gasteiger partial charge on any atom is -0.319 e. The van der Waals surface area contributed by atoms with Crippen molar-refractivity contribution in [1.82, 2.24) is 5.32 Å². The molecule has 2 rings (SSSR count). The summed E-state index contributed by atoms with van der Waals surface area (Å²) in [4.78, 5) is 23.1. The maximum atomic E-state index is 12.6. The predicted octanol–water partition coefficient (Wildman–Crippen LogP) is 3.11. The smallest absolute Gasteiger partial charge is 0.292 e. The number of halogens is 1. The highest BCUT2D eigenvalue weighted by molar-refractivity contribution is 6.31. The maximum Gasteiger partial charge on any atom is 0.292 e. The van der Waals surface area contributed by atoms with Gasteiger partial charge in [-0.05, 0) is 37.9 Å². The van der Waals surface area contributed by atoms with Gasteiger partial charge in [0.2, 0.25) is 5.91 Å². The van der Waals surface area contributed by atoms with Crippen molar-refractivity contribution in [3.63, 3.8) is 0 Å². The van der Waals surface area contributed by atoms with Crippen LogP contribution in [-0.2, 0) is 4.79 Å². The van der Waals surface area contributed by atoms with Gasteiger partial charge in [-0.2, -0.15) is 0 Å². The molecule has 0 bridgehead atoms. The SMILES string of the molecule is CCCC1(C(=O)Nc2cc(Cl)ccc2[N+](=O)[O-])CCCN1. The van der Waals surface area contributed by atoms with Gasteiger partial charge in [-0.1, -0.05) is 24.9 Å². The summed E-state index contributed by atoms with van der Waals surface area (Å²) in [7, 11) is 0. The van der Waals surface area contributed by atoms with Gasteiger partial charge in [0.05, 0.1) is 10.5 Å². The van der Waals surface area contributed by atoms with Crippen LogP contribution in [0.1, 0.15) is 32.6 Å². The van der Waals surface area contributed by atoms with Gasteiger partial charge in [-0.15, -0.1) is 0 Å². The minimum atomic E-state index is -0.634. The fourth-order valence-corrected chi connectivity index (χ4v) is 2.94. The first kappa shape index (κ1) is 15.7. The summed E-state index contributed by atoms with van der Waals surface area (Å²) < 4.78 is 0. The lowest BCUT2D eigenvalue weighted by Gasteiger charge is -2.27. The largest absolute Gasteiger partial charge is 0.319 e. The molecule has 2 N–H and O–H groups in total. The lowest BCUT2D eigenvalue weighted by atomic mass is 9.90. The minimum absolute atomic E-state index is 0.140. The Morgan fingerprint density at radius 2 is 2.33 bits per heavy atom. The Morgan fingerprint density at radius 1 is 1.57 bits per heavy atom. The quantitative estimate of drug-likeness (QED) is 0.646. The van der Waals surface area contributed by atoms with Crippen LogP contribution in [-0.4, -0.2) is 22.9 Å². The maximum absolute atomic E-state index is 12.6. The van der Waals surface area contributed by atoms with Crippen molar-refractivity contribution in [3.8, 4) is 0 Å². The van der Waals surface area contributed by atoms with Gasteiger partial charge in [0, 0.05) is 11.1 Å². The molecule has 114 valence electrons. The number of hydrogen-bond donors (Lipinski definition) is 2. The van der Waals surface area contributed by atoms with Crippen molar-refractivity contribution in [1.29, 1.82) is 0 Å². The number of anilines is 1. The molecule has 1 amide bonds. The summed E-state index contributed by atoms with van der Waals surface area (Å²) >= 11 is 5.87. The molecule has 1 aliphatic rings. The van der Waals surface area contributed by atoms with E-state index in [1.54, 1.807) is 0 Å². The normalized spacial score (nSPS) is 21.2. The zero-order valence-corrected chi connectivity index (χ0v) is 12.6. The number of carbonyl (C=O) groups is 1. The second kappa shape index (κ2) is 6.41. The Balaban J connectivity index is 2.26. The molecular weight excluding hydrogens is 294 g/mol. The van der Waals surface area contributed by atoms with Crippen LogP contribution < -0.4 is 10.6 Å². The summed E-state index contributed by atoms with van der Waals surface area (Å²) in [5.41, 5.74) is -0.649. The molecule has 0 saturated carbocycles. The summed E-state index contributed by atoms with van der Waals surface area (Å²) in [6.07, 6.45) is 3.22. The zero-order chi connectivity index (χ0) is 15.5. The van der Waals surface area contributed by atoms with Crippen LogP contribution in [0, 0.1) is 10.1 Å². The average Bonchev–Trinajstić information content (AvgIpc) is 2.88. The fraction of sp³-hybridized carbons (Fsp3) is 0.500. The molecule has 0 spiro atoms. The van der Waals surface area contributed by atoms with Crippen LogP contribution in [0.25, 0.3) is 0 Å². The third-order valence-electron chi connectivity index (χ3n) is 3.76. The third-order valence-corrected chi connectivity index (χ3v) is 3.99. The highest BCUT2D eigenvalue weighted by Gasteiger charge is 2.40. The van der Waals surface area contributed by atoms with E-state index >= 15 is 0 Å². The van der Waals surface area contributed by atoms with Gasteiger partial charge in [-0.3, -0.25) is 14.9 Å². The Kier molecular flexibility index (Phi) is 4.80. The Labute approximate surface area is 128 Å². The molecule has 6 nitrogen and oxygen atoms in total. The summed E-state index contributed by atoms with van der Waals surface area (Å²) in [5.74, 6) is -0.229. The summed E-state index contributed by atoms with van der Waals surface area (Å²) in [6.45, 7) is 2.79. The number of carbonyl (C=O) groups excluding carboxylic acids is 1. The highest BCUT2D eigenvalue weighted by Crippen LogP contribution is 2.31. The third kappa shape index (κ3) is 3.33. The molecule has 21 heavy (non-hydrogen) atoms. The van der Waals surface area contributed by atoms with Crippen molar-refractivity contribution in [2.45, 2.75) is 38.1 Å². The number of benzene rings is 1. The summed E-state index contributed by atoms with van der Waals surface area (Å²) in [5, 5.41) is 17.3. The van der Waals surface area contributed by atoms with Crippen LogP contribution in [0.5, 0.6) is 0 Å². The predicted molar refractivity (Wildman–Crippen MR) is 81.6 cm³/mol. The van der Waals surface area contributed by atoms with E-state index in [0.29, 0.717) is 11.4 Å². The number of nitro benzene ring substituents is 1. The van der Waals surface area contributed by atoms with Gasteiger partial charge in [0.15, 0.2) is 0 Å². The molecule has 7 heteroatoms. The molecule has 0 aliphatic carbocycles. The van der Waals surface area contributed by atoms with E-state index in [2.05, 4.69) is 10.6 Å². The second-order valence-electron chi connectivity index (χ2n) is 5.24. The van der Waals surface area contributed by atoms with E-state index in [-0.39, 0.29) is 17.3 Å². The van der Waals surface area contributed by atoms with E-state index in [1.807, 2.05) is 6.92 Å². The number of amides is 1. The Hall–Kier alpha value is -1.66. The van der Waals surface area contributed by atoms with Crippen molar-refractivity contribution < 1.29 is 9.72 Å². The molecule has 1 atom stereocenters. The van der Waals surface area contributed by atoms with E-state index in [9.17, 15) is 14.9 Å². The first-order chi connectivity index (χ1) is 9.98. The molecule has 1 unspecified atom stereocenters. The van der Waals surface area contributed by atoms with Gasteiger partial charge in [0.1, 0.15) is 5.69 Å². The number of hydrogen-bond acceptors (Lipinski definition) is 4. The van der Waals surface area contributed by atoms with Crippen LogP contribution in [0.3, 0.4) is 0 Å². The molecule has 1 saturated heterocycles. The van der Waals surface area contributed by atoms with Crippen LogP contribution in [0.2, 0.25) is 5.02 Å². The molecule has 0 radical (unpaired) electrons. The molecule has 1 fully saturated rings. The first-order valence-electron chi connectivity index (χ1n) is 6.99. The van der Waals surface area contributed by atoms with Crippen molar-refractivity contribution in [2.24, 2.45) is 0 Å². The van der Waals surface area contributed by atoms with Gasteiger partial charge in [0.25, 0.3) is 5.69 Å². The lowest BCUT2D eigenvalue weighted by molar-refractivity contribution is -0.383. The standard InChI is InChI=1S/C14H18ClN3O3/c1-2-6-14(7-3-8-16-14)13(19)17-11-9-10(15)4-5-12(11)18(20)21/h4-5,9,16H,2-3,6-8H2,1H3,(H,17,19). The second-order valence-corrected chi connectivity index (χ2v) is 5.67. The Morgan fingerprint density at radius 3 is 2.90 bits per heavy atom. The van der Waals surface area contributed by atoms with Crippen molar-refractivity contribution in [2.75, 3.05) is 11.9 Å². The monoisotopic (exact) mass is 311 g/mol. The van der Waals surface area contributed by atoms with Crippen LogP contribution >= 0.6 is 11.6 Å². The number of nitrogens with zero attached hydrogens (tertiary/aromatic N) is 1.